The Kier molecular flexibility index (Phi) is 2.02. The van der Waals surface area contributed by atoms with Crippen LogP contribution in [0.25, 0.3) is 0 Å². The number of nitrogens with zero attached hydrogens (tertiary/aromatic N) is 1. The summed E-state index contributed by atoms with van der Waals surface area (Å²) in [5, 5.41) is 2.16. The number of hydrogen-bond acceptors (Lipinski definition) is 3. The molecule has 5 nitrogen and oxygen atoms in total. The van der Waals surface area contributed by atoms with Crippen LogP contribution < -0.4 is 5.32 Å². The van der Waals surface area contributed by atoms with E-state index in [1.54, 1.807) is 0 Å². The van der Waals surface area contributed by atoms with Crippen molar-refractivity contribution < 1.29 is 14.4 Å². The summed E-state index contributed by atoms with van der Waals surface area (Å²) in [7, 11) is 0. The summed E-state index contributed by atoms with van der Waals surface area (Å²) in [5.41, 5.74) is 0. The first-order valence-electron chi connectivity index (χ1n) is 4.69. The minimum Gasteiger partial charge on any atom is -0.324 e. The lowest BCUT2D eigenvalue weighted by molar-refractivity contribution is -0.146. The Morgan fingerprint density at radius 2 is 1.86 bits per heavy atom. The van der Waals surface area contributed by atoms with Crippen molar-refractivity contribution in [3.8, 4) is 0 Å². The summed E-state index contributed by atoms with van der Waals surface area (Å²) in [6, 6.07) is 0. The third kappa shape index (κ3) is 1.62. The summed E-state index contributed by atoms with van der Waals surface area (Å²) in [6.45, 7) is 2.04. The molecule has 0 aromatic heterocycles. The van der Waals surface area contributed by atoms with E-state index in [9.17, 15) is 14.4 Å². The second-order valence-corrected chi connectivity index (χ2v) is 3.99. The zero-order valence-electron chi connectivity index (χ0n) is 7.95. The number of imide groups is 1. The fourth-order valence-corrected chi connectivity index (χ4v) is 1.69. The number of amides is 3. The van der Waals surface area contributed by atoms with Gasteiger partial charge in [0.1, 0.15) is 13.1 Å². The largest absolute Gasteiger partial charge is 0.324 e. The molecule has 5 heteroatoms. The Morgan fingerprint density at radius 3 is 2.29 bits per heavy atom. The van der Waals surface area contributed by atoms with Crippen LogP contribution in [0.4, 0.5) is 0 Å². The first-order valence-corrected chi connectivity index (χ1v) is 4.69. The molecule has 0 bridgehead atoms. The van der Waals surface area contributed by atoms with Crippen LogP contribution in [0.1, 0.15) is 13.3 Å². The zero-order valence-corrected chi connectivity index (χ0v) is 7.95. The molecule has 0 radical (unpaired) electrons. The Bertz CT molecular complexity index is 297. The topological polar surface area (TPSA) is 66.5 Å². The second-order valence-electron chi connectivity index (χ2n) is 3.99. The molecule has 2 fully saturated rings. The fourth-order valence-electron chi connectivity index (χ4n) is 1.69. The summed E-state index contributed by atoms with van der Waals surface area (Å²) in [6.07, 6.45) is 0.880. The molecule has 1 aliphatic carbocycles. The molecule has 2 aliphatic rings. The third-order valence-corrected chi connectivity index (χ3v) is 2.69. The van der Waals surface area contributed by atoms with Crippen LogP contribution in [0, 0.1) is 11.8 Å². The van der Waals surface area contributed by atoms with Gasteiger partial charge in [0, 0.05) is 5.92 Å². The minimum atomic E-state index is -0.386. The van der Waals surface area contributed by atoms with Gasteiger partial charge in [-0.05, 0) is 12.3 Å². The van der Waals surface area contributed by atoms with Gasteiger partial charge >= 0.3 is 0 Å². The highest BCUT2D eigenvalue weighted by atomic mass is 16.2. The Morgan fingerprint density at radius 1 is 1.36 bits per heavy atom. The molecule has 1 aliphatic heterocycles. The van der Waals surface area contributed by atoms with Crippen LogP contribution in [0.5, 0.6) is 0 Å². The van der Waals surface area contributed by atoms with Crippen molar-refractivity contribution in [3.63, 3.8) is 0 Å². The lowest BCUT2D eigenvalue weighted by Gasteiger charge is -2.25. The van der Waals surface area contributed by atoms with Crippen molar-refractivity contribution >= 4 is 17.7 Å². The summed E-state index contributed by atoms with van der Waals surface area (Å²) >= 11 is 0. The van der Waals surface area contributed by atoms with Crippen LogP contribution in [0.2, 0.25) is 0 Å². The molecular formula is C9H12N2O3. The van der Waals surface area contributed by atoms with Gasteiger partial charge in [-0.3, -0.25) is 19.7 Å². The van der Waals surface area contributed by atoms with E-state index in [1.807, 2.05) is 6.92 Å². The average Bonchev–Trinajstić information content (AvgIpc) is 2.79. The van der Waals surface area contributed by atoms with Crippen molar-refractivity contribution in [2.75, 3.05) is 13.1 Å². The van der Waals surface area contributed by atoms with Gasteiger partial charge in [0.05, 0.1) is 0 Å². The van der Waals surface area contributed by atoms with E-state index in [2.05, 4.69) is 5.32 Å². The Labute approximate surface area is 81.4 Å². The van der Waals surface area contributed by atoms with E-state index in [-0.39, 0.29) is 36.7 Å². The van der Waals surface area contributed by atoms with Crippen LogP contribution in [-0.2, 0) is 14.4 Å². The van der Waals surface area contributed by atoms with E-state index in [0.29, 0.717) is 5.92 Å². The van der Waals surface area contributed by atoms with E-state index in [1.165, 1.54) is 4.90 Å². The highest BCUT2D eigenvalue weighted by molar-refractivity contribution is 6.03. The van der Waals surface area contributed by atoms with Crippen molar-refractivity contribution in [1.82, 2.24) is 10.2 Å². The standard InChI is InChI=1S/C9H12N2O3/c1-5-2-6(5)9(14)11-3-7(12)10-8(13)4-11/h5-6H,2-4H2,1H3,(H,10,12,13). The van der Waals surface area contributed by atoms with Crippen LogP contribution >= 0.6 is 0 Å². The zero-order chi connectivity index (χ0) is 10.3. The molecule has 14 heavy (non-hydrogen) atoms. The first-order chi connectivity index (χ1) is 6.58. The van der Waals surface area contributed by atoms with Crippen LogP contribution in [0.15, 0.2) is 0 Å². The molecule has 3 amide bonds. The smallest absolute Gasteiger partial charge is 0.246 e. The monoisotopic (exact) mass is 196 g/mol. The maximum absolute atomic E-state index is 11.7. The SMILES string of the molecule is CC1CC1C(=O)N1CC(=O)NC(=O)C1. The van der Waals surface area contributed by atoms with Gasteiger partial charge < -0.3 is 4.90 Å². The first kappa shape index (κ1) is 9.18. The van der Waals surface area contributed by atoms with Gasteiger partial charge in [0.15, 0.2) is 0 Å². The second kappa shape index (κ2) is 3.08. The summed E-state index contributed by atoms with van der Waals surface area (Å²) < 4.78 is 0. The molecule has 0 aromatic rings. The average molecular weight is 196 g/mol. The third-order valence-electron chi connectivity index (χ3n) is 2.69. The van der Waals surface area contributed by atoms with Crippen LogP contribution in [0.3, 0.4) is 0 Å². The lowest BCUT2D eigenvalue weighted by Crippen LogP contribution is -2.53. The number of carbonyl (C=O) groups excluding carboxylic acids is 3. The van der Waals surface area contributed by atoms with Gasteiger partial charge in [0.2, 0.25) is 17.7 Å². The van der Waals surface area contributed by atoms with E-state index < -0.39 is 0 Å². The number of piperazine rings is 1. The van der Waals surface area contributed by atoms with Gasteiger partial charge in [-0.25, -0.2) is 0 Å². The minimum absolute atomic E-state index is 0.0216. The molecule has 1 heterocycles. The van der Waals surface area contributed by atoms with Gasteiger partial charge in [-0.1, -0.05) is 6.92 Å². The predicted molar refractivity (Wildman–Crippen MR) is 47.0 cm³/mol. The molecule has 0 spiro atoms. The molecule has 1 saturated carbocycles. The van der Waals surface area contributed by atoms with E-state index >= 15 is 0 Å². The molecule has 1 N–H and O–H groups in total. The molecule has 0 aromatic carbocycles. The molecule has 2 rings (SSSR count). The fraction of sp³-hybridized carbons (Fsp3) is 0.667. The van der Waals surface area contributed by atoms with E-state index in [4.69, 9.17) is 0 Å². The maximum Gasteiger partial charge on any atom is 0.246 e. The number of rotatable bonds is 1. The Hall–Kier alpha value is -1.39. The van der Waals surface area contributed by atoms with E-state index in [0.717, 1.165) is 6.42 Å². The summed E-state index contributed by atoms with van der Waals surface area (Å²) in [5.74, 6) is -0.386. The van der Waals surface area contributed by atoms with Crippen molar-refractivity contribution in [1.29, 1.82) is 0 Å². The number of carbonyl (C=O) groups is 3. The van der Waals surface area contributed by atoms with Crippen molar-refractivity contribution in [2.24, 2.45) is 11.8 Å². The molecule has 76 valence electrons. The molecule has 2 unspecified atom stereocenters. The number of nitrogens with one attached hydrogen (secondary N) is 1. The quantitative estimate of drug-likeness (QED) is 0.554. The van der Waals surface area contributed by atoms with Gasteiger partial charge in [-0.2, -0.15) is 0 Å². The maximum atomic E-state index is 11.7. The Balaban J connectivity index is 2.00. The predicted octanol–water partition coefficient (Wildman–Crippen LogP) is -0.873. The molecule has 1 saturated heterocycles. The molecule has 2 atom stereocenters. The van der Waals surface area contributed by atoms with Crippen molar-refractivity contribution in [3.05, 3.63) is 0 Å². The normalized spacial score (nSPS) is 31.4. The van der Waals surface area contributed by atoms with Gasteiger partial charge in [-0.15, -0.1) is 0 Å². The molecular weight excluding hydrogens is 184 g/mol. The highest BCUT2D eigenvalue weighted by Crippen LogP contribution is 2.39. The van der Waals surface area contributed by atoms with Gasteiger partial charge in [0.25, 0.3) is 0 Å². The lowest BCUT2D eigenvalue weighted by atomic mass is 10.2. The van der Waals surface area contributed by atoms with Crippen molar-refractivity contribution in [2.45, 2.75) is 13.3 Å². The highest BCUT2D eigenvalue weighted by Gasteiger charge is 2.43. The number of hydrogen-bond donors (Lipinski definition) is 1. The summed E-state index contributed by atoms with van der Waals surface area (Å²) in [4.78, 5) is 35.0. The van der Waals surface area contributed by atoms with Crippen LogP contribution in [-0.4, -0.2) is 35.7 Å².